The fourth-order valence-electron chi connectivity index (χ4n) is 2.48. The molecule has 1 aromatic heterocycles. The average Bonchev–Trinajstić information content (AvgIpc) is 2.49. The highest BCUT2D eigenvalue weighted by Crippen LogP contribution is 2.16. The van der Waals surface area contributed by atoms with Crippen LogP contribution in [0.1, 0.15) is 33.1 Å². The number of hydrogen-bond acceptors (Lipinski definition) is 8. The molecule has 8 nitrogen and oxygen atoms in total. The molecule has 0 unspecified atom stereocenters. The summed E-state index contributed by atoms with van der Waals surface area (Å²) in [5, 5.41) is 3.35. The Labute approximate surface area is 125 Å². The second-order valence-corrected chi connectivity index (χ2v) is 5.10. The monoisotopic (exact) mass is 295 g/mol. The topological polar surface area (TPSA) is 101 Å². The van der Waals surface area contributed by atoms with Gasteiger partial charge in [0.25, 0.3) is 0 Å². The van der Waals surface area contributed by atoms with Gasteiger partial charge in [-0.2, -0.15) is 15.0 Å². The average molecular weight is 295 g/mol. The van der Waals surface area contributed by atoms with Gasteiger partial charge in [-0.3, -0.25) is 5.43 Å². The molecule has 0 radical (unpaired) electrons. The van der Waals surface area contributed by atoms with E-state index in [0.29, 0.717) is 24.5 Å². The summed E-state index contributed by atoms with van der Waals surface area (Å²) in [6.07, 6.45) is 3.37. The second kappa shape index (κ2) is 7.94. The third-order valence-corrected chi connectivity index (χ3v) is 3.48. The van der Waals surface area contributed by atoms with E-state index >= 15 is 0 Å². The van der Waals surface area contributed by atoms with Gasteiger partial charge in [0.1, 0.15) is 0 Å². The van der Waals surface area contributed by atoms with Crippen molar-refractivity contribution in [1.82, 2.24) is 19.9 Å². The summed E-state index contributed by atoms with van der Waals surface area (Å²) in [4.78, 5) is 15.0. The summed E-state index contributed by atoms with van der Waals surface area (Å²) in [7, 11) is 0. The van der Waals surface area contributed by atoms with Crippen LogP contribution in [0.4, 0.5) is 11.9 Å². The Kier molecular flexibility index (Phi) is 5.94. The Balaban J connectivity index is 1.94. The van der Waals surface area contributed by atoms with E-state index in [0.717, 1.165) is 25.9 Å². The minimum Gasteiger partial charge on any atom is -0.464 e. The molecule has 8 heteroatoms. The first-order valence-corrected chi connectivity index (χ1v) is 7.59. The lowest BCUT2D eigenvalue weighted by molar-refractivity contribution is 0.219. The summed E-state index contributed by atoms with van der Waals surface area (Å²) < 4.78 is 5.32. The molecule has 4 N–H and O–H groups in total. The number of nitrogens with zero attached hydrogens (tertiary/aromatic N) is 4. The van der Waals surface area contributed by atoms with Gasteiger partial charge >= 0.3 is 6.01 Å². The quantitative estimate of drug-likeness (QED) is 0.502. The van der Waals surface area contributed by atoms with Gasteiger partial charge in [0.05, 0.1) is 6.61 Å². The van der Waals surface area contributed by atoms with Crippen molar-refractivity contribution in [2.75, 3.05) is 37.0 Å². The Morgan fingerprint density at radius 1 is 1.19 bits per heavy atom. The van der Waals surface area contributed by atoms with E-state index in [4.69, 9.17) is 10.6 Å². The highest BCUT2D eigenvalue weighted by molar-refractivity contribution is 5.35. The molecular weight excluding hydrogens is 270 g/mol. The molecule has 0 bridgehead atoms. The van der Waals surface area contributed by atoms with E-state index in [9.17, 15) is 0 Å². The SMILES string of the molecule is CCCN1CCC(Nc2nc(NN)nc(OCC)n2)CC1. The molecule has 2 heterocycles. The first-order chi connectivity index (χ1) is 10.2. The number of anilines is 2. The molecular formula is C13H25N7O. The van der Waals surface area contributed by atoms with Crippen molar-refractivity contribution in [1.29, 1.82) is 0 Å². The van der Waals surface area contributed by atoms with Gasteiger partial charge in [-0.15, -0.1) is 0 Å². The summed E-state index contributed by atoms with van der Waals surface area (Å²) in [5.41, 5.74) is 2.44. The number of hydrogen-bond donors (Lipinski definition) is 3. The summed E-state index contributed by atoms with van der Waals surface area (Å²) >= 11 is 0. The Morgan fingerprint density at radius 3 is 2.52 bits per heavy atom. The molecule has 0 amide bonds. The normalized spacial score (nSPS) is 16.7. The first kappa shape index (κ1) is 15.7. The van der Waals surface area contributed by atoms with Crippen LogP contribution in [0.5, 0.6) is 6.01 Å². The molecule has 0 saturated carbocycles. The molecule has 1 aliphatic rings. The molecule has 1 saturated heterocycles. The molecule has 1 fully saturated rings. The summed E-state index contributed by atoms with van der Waals surface area (Å²) in [6, 6.07) is 0.659. The maximum absolute atomic E-state index is 5.38. The lowest BCUT2D eigenvalue weighted by Gasteiger charge is -2.32. The van der Waals surface area contributed by atoms with E-state index in [-0.39, 0.29) is 6.01 Å². The molecule has 0 aromatic carbocycles. The van der Waals surface area contributed by atoms with E-state index in [1.165, 1.54) is 13.0 Å². The van der Waals surface area contributed by atoms with E-state index in [2.05, 4.69) is 37.5 Å². The smallest absolute Gasteiger partial charge is 0.323 e. The van der Waals surface area contributed by atoms with Crippen LogP contribution in [0.15, 0.2) is 0 Å². The van der Waals surface area contributed by atoms with Gasteiger partial charge in [-0.25, -0.2) is 5.84 Å². The highest BCUT2D eigenvalue weighted by Gasteiger charge is 2.19. The number of likely N-dealkylation sites (tertiary alicyclic amines) is 1. The van der Waals surface area contributed by atoms with Crippen molar-refractivity contribution in [3.8, 4) is 6.01 Å². The zero-order chi connectivity index (χ0) is 15.1. The van der Waals surface area contributed by atoms with Crippen molar-refractivity contribution < 1.29 is 4.74 Å². The maximum Gasteiger partial charge on any atom is 0.323 e. The third-order valence-electron chi connectivity index (χ3n) is 3.48. The number of ether oxygens (including phenoxy) is 1. The highest BCUT2D eigenvalue weighted by atomic mass is 16.5. The van der Waals surface area contributed by atoms with Crippen molar-refractivity contribution in [3.63, 3.8) is 0 Å². The minimum absolute atomic E-state index is 0.284. The molecule has 118 valence electrons. The van der Waals surface area contributed by atoms with Gasteiger partial charge in [0, 0.05) is 19.1 Å². The molecule has 1 aliphatic heterocycles. The zero-order valence-electron chi connectivity index (χ0n) is 12.8. The number of rotatable bonds is 7. The van der Waals surface area contributed by atoms with Gasteiger partial charge < -0.3 is 15.0 Å². The van der Waals surface area contributed by atoms with Crippen molar-refractivity contribution in [2.45, 2.75) is 39.2 Å². The lowest BCUT2D eigenvalue weighted by atomic mass is 10.1. The number of nitrogens with one attached hydrogen (secondary N) is 2. The number of nitrogens with two attached hydrogens (primary N) is 1. The first-order valence-electron chi connectivity index (χ1n) is 7.59. The van der Waals surface area contributed by atoms with Gasteiger partial charge in [-0.05, 0) is 32.7 Å². The van der Waals surface area contributed by atoms with Crippen LogP contribution in [0.2, 0.25) is 0 Å². The van der Waals surface area contributed by atoms with Crippen LogP contribution in [0, 0.1) is 0 Å². The fourth-order valence-corrected chi connectivity index (χ4v) is 2.48. The Hall–Kier alpha value is -1.67. The van der Waals surface area contributed by atoms with Crippen LogP contribution in [-0.2, 0) is 0 Å². The van der Waals surface area contributed by atoms with Crippen molar-refractivity contribution >= 4 is 11.9 Å². The van der Waals surface area contributed by atoms with E-state index < -0.39 is 0 Å². The zero-order valence-corrected chi connectivity index (χ0v) is 12.8. The molecule has 1 aromatic rings. The molecule has 21 heavy (non-hydrogen) atoms. The molecule has 0 spiro atoms. The largest absolute Gasteiger partial charge is 0.464 e. The van der Waals surface area contributed by atoms with Crippen LogP contribution in [0.25, 0.3) is 0 Å². The van der Waals surface area contributed by atoms with Gasteiger partial charge in [0.2, 0.25) is 11.9 Å². The molecule has 0 aliphatic carbocycles. The number of piperidine rings is 1. The van der Waals surface area contributed by atoms with E-state index in [1.807, 2.05) is 6.92 Å². The second-order valence-electron chi connectivity index (χ2n) is 5.10. The number of aromatic nitrogens is 3. The predicted octanol–water partition coefficient (Wildman–Crippen LogP) is 0.842. The number of hydrazine groups is 1. The fraction of sp³-hybridized carbons (Fsp3) is 0.769. The van der Waals surface area contributed by atoms with Gasteiger partial charge in [-0.1, -0.05) is 6.92 Å². The Bertz CT molecular complexity index is 435. The van der Waals surface area contributed by atoms with Crippen LogP contribution >= 0.6 is 0 Å². The lowest BCUT2D eigenvalue weighted by Crippen LogP contribution is -2.39. The Morgan fingerprint density at radius 2 is 1.90 bits per heavy atom. The van der Waals surface area contributed by atoms with Crippen molar-refractivity contribution in [2.24, 2.45) is 5.84 Å². The number of nitrogen functional groups attached to an aromatic ring is 1. The standard InChI is InChI=1S/C13H25N7O/c1-3-7-20-8-5-10(6-9-20)15-11-16-12(19-14)18-13(17-11)21-4-2/h10H,3-9,14H2,1-2H3,(H2,15,16,17,18,19). The predicted molar refractivity (Wildman–Crippen MR) is 82.2 cm³/mol. The minimum atomic E-state index is 0.284. The molecule has 0 atom stereocenters. The molecule has 2 rings (SSSR count). The van der Waals surface area contributed by atoms with Gasteiger partial charge in [0.15, 0.2) is 0 Å². The van der Waals surface area contributed by atoms with E-state index in [1.54, 1.807) is 0 Å². The summed E-state index contributed by atoms with van der Waals surface area (Å²) in [6.45, 7) is 7.99. The third kappa shape index (κ3) is 4.68. The van der Waals surface area contributed by atoms with Crippen molar-refractivity contribution in [3.05, 3.63) is 0 Å². The van der Waals surface area contributed by atoms with Crippen LogP contribution < -0.4 is 21.3 Å². The van der Waals surface area contributed by atoms with Crippen LogP contribution in [-0.4, -0.2) is 52.1 Å². The summed E-state index contributed by atoms with van der Waals surface area (Å²) in [5.74, 6) is 6.19. The van der Waals surface area contributed by atoms with Crippen LogP contribution in [0.3, 0.4) is 0 Å². The maximum atomic E-state index is 5.38.